The highest BCUT2D eigenvalue weighted by atomic mass is 19.1. The minimum absolute atomic E-state index is 0.0441. The first kappa shape index (κ1) is 28.7. The number of piperidine rings is 1. The molecule has 224 valence electrons. The number of nitrogens with one attached hydrogen (secondary N) is 1. The van der Waals surface area contributed by atoms with Gasteiger partial charge in [-0.3, -0.25) is 4.90 Å². The number of hydrogen-bond acceptors (Lipinski definition) is 10. The standard InChI is InChI=1S/C30H37F2N7O3/c1-18(25-14-19(31)17-38(25)2)40-26-16-27(41-22-11-13-34-20(15-22)10-12-33)36-28(35-26)29-37-30(23-8-3-4-9-24(23)32)42-39(29)21-6-5-7-21/h3-4,8-9,16,18-22,25,29,34H,5-7,10-11,13-15,17H2,1-2H3/t18-,19+,20+,22-,25-,29?/m0/s1. The summed E-state index contributed by atoms with van der Waals surface area (Å²) in [5.74, 6) is 0.694. The molecule has 0 bridgehead atoms. The molecule has 42 heavy (non-hydrogen) atoms. The van der Waals surface area contributed by atoms with Crippen LogP contribution in [0.3, 0.4) is 0 Å². The summed E-state index contributed by atoms with van der Waals surface area (Å²) in [6, 6.07) is 10.3. The molecule has 4 aliphatic rings. The Labute approximate surface area is 244 Å². The lowest BCUT2D eigenvalue weighted by atomic mass is 9.92. The normalized spacial score (nSPS) is 29.3. The molecule has 1 unspecified atom stereocenters. The number of likely N-dealkylation sites (tertiary alicyclic amines) is 1. The number of nitrogens with zero attached hydrogens (tertiary/aromatic N) is 6. The predicted molar refractivity (Wildman–Crippen MR) is 150 cm³/mol. The largest absolute Gasteiger partial charge is 0.474 e. The highest BCUT2D eigenvalue weighted by Gasteiger charge is 2.42. The van der Waals surface area contributed by atoms with Gasteiger partial charge in [0.05, 0.1) is 24.1 Å². The fourth-order valence-corrected chi connectivity index (χ4v) is 6.13. The number of aliphatic imine (C=N–C) groups is 1. The van der Waals surface area contributed by atoms with Crippen LogP contribution in [0.4, 0.5) is 8.78 Å². The van der Waals surface area contributed by atoms with Gasteiger partial charge in [-0.25, -0.2) is 13.8 Å². The fraction of sp³-hybridized carbons (Fsp3) is 0.600. The number of aromatic nitrogens is 2. The van der Waals surface area contributed by atoms with Crippen LogP contribution in [0.5, 0.6) is 11.8 Å². The molecule has 12 heteroatoms. The smallest absolute Gasteiger partial charge is 0.246 e. The van der Waals surface area contributed by atoms with Crippen molar-refractivity contribution in [3.63, 3.8) is 0 Å². The first-order valence-corrected chi connectivity index (χ1v) is 14.8. The molecule has 4 heterocycles. The lowest BCUT2D eigenvalue weighted by Gasteiger charge is -2.35. The fourth-order valence-electron chi connectivity index (χ4n) is 6.13. The van der Waals surface area contributed by atoms with E-state index in [9.17, 15) is 8.78 Å². The monoisotopic (exact) mass is 581 g/mol. The van der Waals surface area contributed by atoms with Crippen LogP contribution in [0.1, 0.15) is 69.4 Å². The lowest BCUT2D eigenvalue weighted by Crippen LogP contribution is -2.42. The summed E-state index contributed by atoms with van der Waals surface area (Å²) in [6.45, 7) is 3.01. The summed E-state index contributed by atoms with van der Waals surface area (Å²) >= 11 is 0. The molecule has 3 fully saturated rings. The molecule has 1 aromatic carbocycles. The zero-order chi connectivity index (χ0) is 29.2. The number of hydrogen-bond donors (Lipinski definition) is 1. The van der Waals surface area contributed by atoms with Gasteiger partial charge in [0, 0.05) is 31.1 Å². The summed E-state index contributed by atoms with van der Waals surface area (Å²) in [5.41, 5.74) is 0.269. The van der Waals surface area contributed by atoms with Crippen LogP contribution in [-0.2, 0) is 4.84 Å². The van der Waals surface area contributed by atoms with Crippen LogP contribution in [-0.4, -0.2) is 82.5 Å². The van der Waals surface area contributed by atoms with Crippen molar-refractivity contribution in [2.75, 3.05) is 20.1 Å². The van der Waals surface area contributed by atoms with Crippen LogP contribution >= 0.6 is 0 Å². The maximum Gasteiger partial charge on any atom is 0.246 e. The molecule has 2 saturated heterocycles. The van der Waals surface area contributed by atoms with Gasteiger partial charge in [-0.2, -0.15) is 15.2 Å². The second-order valence-corrected chi connectivity index (χ2v) is 11.7. The average molecular weight is 582 g/mol. The summed E-state index contributed by atoms with van der Waals surface area (Å²) in [6.07, 6.45) is 2.99. The van der Waals surface area contributed by atoms with E-state index >= 15 is 0 Å². The van der Waals surface area contributed by atoms with E-state index in [0.29, 0.717) is 43.4 Å². The van der Waals surface area contributed by atoms with Gasteiger partial charge >= 0.3 is 0 Å². The van der Waals surface area contributed by atoms with E-state index in [0.717, 1.165) is 32.2 Å². The van der Waals surface area contributed by atoms with Gasteiger partial charge in [0.25, 0.3) is 0 Å². The molecule has 0 radical (unpaired) electrons. The Morgan fingerprint density at radius 2 is 2.00 bits per heavy atom. The second-order valence-electron chi connectivity index (χ2n) is 11.7. The highest BCUT2D eigenvalue weighted by molar-refractivity contribution is 5.95. The van der Waals surface area contributed by atoms with Crippen LogP contribution < -0.4 is 14.8 Å². The maximum atomic E-state index is 14.7. The molecule has 1 aliphatic carbocycles. The summed E-state index contributed by atoms with van der Waals surface area (Å²) in [4.78, 5) is 22.4. The van der Waals surface area contributed by atoms with Crippen LogP contribution in [0.2, 0.25) is 0 Å². The molecular weight excluding hydrogens is 544 g/mol. The zero-order valence-electron chi connectivity index (χ0n) is 24.0. The summed E-state index contributed by atoms with van der Waals surface area (Å²) < 4.78 is 41.5. The molecule has 1 N–H and O–H groups in total. The van der Waals surface area contributed by atoms with Crippen LogP contribution in [0.15, 0.2) is 35.3 Å². The van der Waals surface area contributed by atoms with Gasteiger partial charge in [0.1, 0.15) is 24.2 Å². The van der Waals surface area contributed by atoms with Crippen molar-refractivity contribution in [3.05, 3.63) is 47.5 Å². The van der Waals surface area contributed by atoms with Crippen LogP contribution in [0, 0.1) is 17.1 Å². The van der Waals surface area contributed by atoms with Crippen molar-refractivity contribution in [2.45, 2.75) is 94.5 Å². The van der Waals surface area contributed by atoms with E-state index in [1.807, 2.05) is 18.9 Å². The Hall–Kier alpha value is -3.40. The Balaban J connectivity index is 1.32. The Bertz CT molecular complexity index is 1340. The molecule has 6 rings (SSSR count). The number of rotatable bonds is 9. The number of hydroxylamine groups is 2. The first-order valence-electron chi connectivity index (χ1n) is 14.8. The minimum atomic E-state index is -0.898. The van der Waals surface area contributed by atoms with Gasteiger partial charge in [0.2, 0.25) is 17.7 Å². The minimum Gasteiger partial charge on any atom is -0.474 e. The van der Waals surface area contributed by atoms with E-state index < -0.39 is 18.2 Å². The number of benzene rings is 1. The van der Waals surface area contributed by atoms with Crippen molar-refractivity contribution in [2.24, 2.45) is 4.99 Å². The number of ether oxygens (including phenoxy) is 2. The molecule has 6 atom stereocenters. The van der Waals surface area contributed by atoms with E-state index in [1.54, 1.807) is 29.3 Å². The number of nitriles is 1. The Kier molecular flexibility index (Phi) is 8.51. The Morgan fingerprint density at radius 1 is 1.19 bits per heavy atom. The predicted octanol–water partition coefficient (Wildman–Crippen LogP) is 4.08. The van der Waals surface area contributed by atoms with Crippen molar-refractivity contribution >= 4 is 5.90 Å². The number of alkyl halides is 1. The number of likely N-dealkylation sites (N-methyl/N-ethyl adjacent to an activating group) is 1. The topological polar surface area (TPSA) is 108 Å². The molecule has 3 aliphatic heterocycles. The van der Waals surface area contributed by atoms with Crippen molar-refractivity contribution in [1.82, 2.24) is 25.2 Å². The van der Waals surface area contributed by atoms with Crippen molar-refractivity contribution in [1.29, 1.82) is 5.26 Å². The van der Waals surface area contributed by atoms with Crippen molar-refractivity contribution < 1.29 is 23.1 Å². The molecule has 1 saturated carbocycles. The van der Waals surface area contributed by atoms with E-state index in [1.165, 1.54) is 6.07 Å². The lowest BCUT2D eigenvalue weighted by molar-refractivity contribution is -0.143. The van der Waals surface area contributed by atoms with Gasteiger partial charge in [0.15, 0.2) is 12.0 Å². The SMILES string of the molecule is C[C@H](Oc1cc(O[C@H]2CCN[C@H](CC#N)C2)nc(C2N=C(c3ccccc3F)ON2C2CCC2)n1)[C@@H]1C[C@@H](F)CN1C. The number of halogens is 2. The van der Waals surface area contributed by atoms with E-state index in [-0.39, 0.29) is 41.8 Å². The molecule has 0 spiro atoms. The quantitative estimate of drug-likeness (QED) is 0.469. The zero-order valence-corrected chi connectivity index (χ0v) is 24.0. The van der Waals surface area contributed by atoms with Crippen molar-refractivity contribution in [3.8, 4) is 17.8 Å². The maximum absolute atomic E-state index is 14.7. The molecule has 0 amide bonds. The first-order chi connectivity index (χ1) is 20.4. The van der Waals surface area contributed by atoms with Gasteiger partial charge in [-0.05, 0) is 58.3 Å². The van der Waals surface area contributed by atoms with Gasteiger partial charge in [-0.1, -0.05) is 18.6 Å². The van der Waals surface area contributed by atoms with Gasteiger partial charge in [-0.15, -0.1) is 5.06 Å². The third kappa shape index (κ3) is 6.19. The highest BCUT2D eigenvalue weighted by Crippen LogP contribution is 2.38. The summed E-state index contributed by atoms with van der Waals surface area (Å²) in [7, 11) is 1.89. The van der Waals surface area contributed by atoms with E-state index in [2.05, 4.69) is 11.4 Å². The average Bonchev–Trinajstić information content (AvgIpc) is 3.51. The third-order valence-corrected chi connectivity index (χ3v) is 8.61. The third-order valence-electron chi connectivity index (χ3n) is 8.61. The molecule has 2 aromatic rings. The molecule has 10 nitrogen and oxygen atoms in total. The van der Waals surface area contributed by atoms with E-state index in [4.69, 9.17) is 34.5 Å². The second kappa shape index (κ2) is 12.5. The van der Waals surface area contributed by atoms with Crippen LogP contribution in [0.25, 0.3) is 0 Å². The Morgan fingerprint density at radius 3 is 2.71 bits per heavy atom. The van der Waals surface area contributed by atoms with Gasteiger partial charge < -0.3 is 19.6 Å². The molecule has 1 aromatic heterocycles. The summed E-state index contributed by atoms with van der Waals surface area (Å²) in [5, 5.41) is 14.3. The molecular formula is C30H37F2N7O3.